The molecule has 0 amide bonds. The van der Waals surface area contributed by atoms with Gasteiger partial charge in [0.05, 0.1) is 0 Å². The van der Waals surface area contributed by atoms with Gasteiger partial charge in [0.25, 0.3) is 0 Å². The van der Waals surface area contributed by atoms with E-state index < -0.39 is 15.5 Å². The Bertz CT molecular complexity index is 822. The fourth-order valence-corrected chi connectivity index (χ4v) is 2.92. The molecule has 22 heavy (non-hydrogen) atoms. The fourth-order valence-electron chi connectivity index (χ4n) is 1.99. The summed E-state index contributed by atoms with van der Waals surface area (Å²) in [5.41, 5.74) is 1.05. The lowest BCUT2D eigenvalue weighted by Crippen LogP contribution is -2.17. The summed E-state index contributed by atoms with van der Waals surface area (Å²) in [7, 11) is -4.03. The monoisotopic (exact) mass is 318 g/mol. The standard InChI is InChI=1S/C17H18O4S/c1-12(2)15-6-4-5-7-16(17(15)18)21-22(19,20)14-10-8-13(3)9-11-14/h4-12H,1-3H3. The Balaban J connectivity index is 2.47. The molecule has 4 nitrogen and oxygen atoms in total. The lowest BCUT2D eigenvalue weighted by Gasteiger charge is -2.07. The van der Waals surface area contributed by atoms with Crippen LogP contribution in [0.25, 0.3) is 0 Å². The van der Waals surface area contributed by atoms with Crippen LogP contribution in [0.1, 0.15) is 30.9 Å². The van der Waals surface area contributed by atoms with Crippen molar-refractivity contribution in [3.8, 4) is 5.75 Å². The van der Waals surface area contributed by atoms with Crippen molar-refractivity contribution in [3.63, 3.8) is 0 Å². The van der Waals surface area contributed by atoms with E-state index >= 15 is 0 Å². The zero-order valence-corrected chi connectivity index (χ0v) is 13.6. The van der Waals surface area contributed by atoms with Crippen molar-refractivity contribution in [2.24, 2.45) is 0 Å². The molecule has 0 unspecified atom stereocenters. The van der Waals surface area contributed by atoms with Gasteiger partial charge in [-0.05, 0) is 31.0 Å². The van der Waals surface area contributed by atoms with E-state index in [-0.39, 0.29) is 16.6 Å². The Morgan fingerprint density at radius 3 is 2.14 bits per heavy atom. The summed E-state index contributed by atoms with van der Waals surface area (Å²) in [4.78, 5) is 12.4. The molecule has 0 aromatic heterocycles. The highest BCUT2D eigenvalue weighted by atomic mass is 32.2. The average molecular weight is 318 g/mol. The van der Waals surface area contributed by atoms with Crippen LogP contribution in [0.3, 0.4) is 0 Å². The Morgan fingerprint density at radius 2 is 1.55 bits per heavy atom. The van der Waals surface area contributed by atoms with Crippen LogP contribution in [0.15, 0.2) is 58.2 Å². The molecular weight excluding hydrogens is 300 g/mol. The van der Waals surface area contributed by atoms with E-state index in [4.69, 9.17) is 4.18 Å². The lowest BCUT2D eigenvalue weighted by molar-refractivity contribution is 0.483. The minimum Gasteiger partial charge on any atom is -0.375 e. The molecule has 2 aromatic carbocycles. The third-order valence-electron chi connectivity index (χ3n) is 3.25. The summed E-state index contributed by atoms with van der Waals surface area (Å²) in [6, 6.07) is 12.6. The van der Waals surface area contributed by atoms with Crippen LogP contribution < -0.4 is 9.61 Å². The van der Waals surface area contributed by atoms with Crippen LogP contribution in [0.5, 0.6) is 5.75 Å². The molecule has 116 valence electrons. The number of hydrogen-bond donors (Lipinski definition) is 0. The summed E-state index contributed by atoms with van der Waals surface area (Å²) in [5, 5.41) is 0. The normalized spacial score (nSPS) is 11.5. The predicted molar refractivity (Wildman–Crippen MR) is 85.8 cm³/mol. The molecule has 0 N–H and O–H groups in total. The molecule has 0 saturated heterocycles. The minimum atomic E-state index is -4.03. The van der Waals surface area contributed by atoms with Crippen molar-refractivity contribution in [1.29, 1.82) is 0 Å². The van der Waals surface area contributed by atoms with Crippen molar-refractivity contribution in [2.75, 3.05) is 0 Å². The summed E-state index contributed by atoms with van der Waals surface area (Å²) in [5.74, 6) is -0.210. The van der Waals surface area contributed by atoms with Crippen LogP contribution in [0.4, 0.5) is 0 Å². The minimum absolute atomic E-state index is 0.0232. The van der Waals surface area contributed by atoms with Gasteiger partial charge in [0, 0.05) is 5.56 Å². The molecule has 0 heterocycles. The summed E-state index contributed by atoms with van der Waals surface area (Å²) in [6.45, 7) is 5.60. The molecular formula is C17H18O4S. The van der Waals surface area contributed by atoms with Crippen LogP contribution >= 0.6 is 0 Å². The highest BCUT2D eigenvalue weighted by Crippen LogP contribution is 2.18. The van der Waals surface area contributed by atoms with Gasteiger partial charge in [-0.1, -0.05) is 49.7 Å². The van der Waals surface area contributed by atoms with Gasteiger partial charge in [-0.15, -0.1) is 0 Å². The van der Waals surface area contributed by atoms with Crippen molar-refractivity contribution in [2.45, 2.75) is 31.6 Å². The number of rotatable bonds is 4. The van der Waals surface area contributed by atoms with E-state index in [0.717, 1.165) is 5.56 Å². The highest BCUT2D eigenvalue weighted by molar-refractivity contribution is 7.87. The maximum absolute atomic E-state index is 12.4. The van der Waals surface area contributed by atoms with Gasteiger partial charge in [-0.3, -0.25) is 4.79 Å². The SMILES string of the molecule is Cc1ccc(S(=O)(=O)Oc2ccccc(C(C)C)c2=O)cc1. The van der Waals surface area contributed by atoms with E-state index in [9.17, 15) is 13.2 Å². The molecule has 5 heteroatoms. The van der Waals surface area contributed by atoms with Crippen LogP contribution in [-0.4, -0.2) is 8.42 Å². The number of hydrogen-bond acceptors (Lipinski definition) is 4. The largest absolute Gasteiger partial charge is 0.375 e. The highest BCUT2D eigenvalue weighted by Gasteiger charge is 2.19. The molecule has 2 aromatic rings. The van der Waals surface area contributed by atoms with Crippen molar-refractivity contribution in [3.05, 3.63) is 69.9 Å². The number of benzene rings is 1. The van der Waals surface area contributed by atoms with E-state index in [1.54, 1.807) is 30.3 Å². The van der Waals surface area contributed by atoms with Crippen LogP contribution in [0, 0.1) is 6.92 Å². The first kappa shape index (κ1) is 16.2. The first-order valence-corrected chi connectivity index (χ1v) is 8.36. The summed E-state index contributed by atoms with van der Waals surface area (Å²) < 4.78 is 29.6. The predicted octanol–water partition coefficient (Wildman–Crippen LogP) is 3.25. The molecule has 0 aliphatic heterocycles. The third kappa shape index (κ3) is 3.54. The van der Waals surface area contributed by atoms with Gasteiger partial charge in [0.15, 0.2) is 5.75 Å². The van der Waals surface area contributed by atoms with Crippen molar-refractivity contribution >= 4 is 10.1 Å². The van der Waals surface area contributed by atoms with Crippen LogP contribution in [0.2, 0.25) is 0 Å². The second-order valence-corrected chi connectivity index (χ2v) is 6.92. The molecule has 0 bridgehead atoms. The molecule has 0 saturated carbocycles. The Morgan fingerprint density at radius 1 is 0.955 bits per heavy atom. The quantitative estimate of drug-likeness (QED) is 0.812. The van der Waals surface area contributed by atoms with Gasteiger partial charge >= 0.3 is 10.1 Å². The number of aryl methyl sites for hydroxylation is 1. The molecule has 0 aliphatic rings. The molecule has 0 spiro atoms. The van der Waals surface area contributed by atoms with E-state index in [1.807, 2.05) is 20.8 Å². The van der Waals surface area contributed by atoms with Gasteiger partial charge in [-0.2, -0.15) is 8.42 Å². The van der Waals surface area contributed by atoms with Gasteiger partial charge < -0.3 is 4.18 Å². The maximum atomic E-state index is 12.4. The summed E-state index contributed by atoms with van der Waals surface area (Å²) in [6.07, 6.45) is 0. The van der Waals surface area contributed by atoms with Gasteiger partial charge in [-0.25, -0.2) is 0 Å². The zero-order valence-electron chi connectivity index (χ0n) is 12.7. The summed E-state index contributed by atoms with van der Waals surface area (Å²) >= 11 is 0. The zero-order chi connectivity index (χ0) is 16.3. The second-order valence-electron chi connectivity index (χ2n) is 5.37. The van der Waals surface area contributed by atoms with Gasteiger partial charge in [0.2, 0.25) is 5.43 Å². The smallest absolute Gasteiger partial charge is 0.339 e. The van der Waals surface area contributed by atoms with E-state index in [2.05, 4.69) is 0 Å². The molecule has 0 atom stereocenters. The maximum Gasteiger partial charge on any atom is 0.339 e. The topological polar surface area (TPSA) is 60.4 Å². The van der Waals surface area contributed by atoms with Crippen molar-refractivity contribution in [1.82, 2.24) is 0 Å². The van der Waals surface area contributed by atoms with E-state index in [1.165, 1.54) is 18.2 Å². The lowest BCUT2D eigenvalue weighted by atomic mass is 10.1. The Labute approximate surface area is 130 Å². The molecule has 2 rings (SSSR count). The first-order valence-electron chi connectivity index (χ1n) is 6.95. The first-order chi connectivity index (χ1) is 10.3. The molecule has 0 aliphatic carbocycles. The van der Waals surface area contributed by atoms with Crippen molar-refractivity contribution < 1.29 is 12.6 Å². The Kier molecular flexibility index (Phi) is 4.66. The second kappa shape index (κ2) is 6.32. The average Bonchev–Trinajstić information content (AvgIpc) is 2.62. The fraction of sp³-hybridized carbons (Fsp3) is 0.235. The molecule has 0 fully saturated rings. The Hall–Kier alpha value is -2.14. The molecule has 0 radical (unpaired) electrons. The third-order valence-corrected chi connectivity index (χ3v) is 4.50. The van der Waals surface area contributed by atoms with Gasteiger partial charge in [0.1, 0.15) is 4.90 Å². The van der Waals surface area contributed by atoms with E-state index in [0.29, 0.717) is 5.56 Å². The van der Waals surface area contributed by atoms with Crippen LogP contribution in [-0.2, 0) is 10.1 Å².